The van der Waals surface area contributed by atoms with Crippen LogP contribution in [0.5, 0.6) is 0 Å². The van der Waals surface area contributed by atoms with E-state index in [0.717, 1.165) is 23.6 Å². The van der Waals surface area contributed by atoms with Gasteiger partial charge < -0.3 is 5.32 Å². The lowest BCUT2D eigenvalue weighted by Crippen LogP contribution is -2.24. The van der Waals surface area contributed by atoms with Crippen LogP contribution in [-0.4, -0.2) is 12.3 Å². The van der Waals surface area contributed by atoms with Crippen molar-refractivity contribution in [3.05, 3.63) is 65.5 Å². The minimum atomic E-state index is -0.173. The third-order valence-corrected chi connectivity index (χ3v) is 4.42. The number of rotatable bonds is 7. The molecule has 0 saturated carbocycles. The molecule has 0 aliphatic heterocycles. The Morgan fingerprint density at radius 1 is 1.14 bits per heavy atom. The number of thioether (sulfide) groups is 1. The predicted molar refractivity (Wildman–Crippen MR) is 89.3 cm³/mol. The van der Waals surface area contributed by atoms with Crippen LogP contribution in [0.4, 0.5) is 4.39 Å². The zero-order valence-electron chi connectivity index (χ0n) is 12.6. The predicted octanol–water partition coefficient (Wildman–Crippen LogP) is 4.97. The second kappa shape index (κ2) is 8.20. The summed E-state index contributed by atoms with van der Waals surface area (Å²) in [5, 5.41) is 3.58. The van der Waals surface area contributed by atoms with E-state index in [-0.39, 0.29) is 5.82 Å². The van der Waals surface area contributed by atoms with Crippen molar-refractivity contribution < 1.29 is 4.39 Å². The maximum absolute atomic E-state index is 13.2. The van der Waals surface area contributed by atoms with Crippen LogP contribution in [0.15, 0.2) is 53.4 Å². The molecule has 0 saturated heterocycles. The van der Waals surface area contributed by atoms with Gasteiger partial charge in [0.1, 0.15) is 5.82 Å². The van der Waals surface area contributed by atoms with E-state index < -0.39 is 0 Å². The molecular formula is C18H22FNS. The molecule has 0 bridgehead atoms. The molecule has 2 aromatic rings. The molecule has 21 heavy (non-hydrogen) atoms. The highest BCUT2D eigenvalue weighted by Gasteiger charge is 2.11. The van der Waals surface area contributed by atoms with Crippen molar-refractivity contribution in [3.8, 4) is 0 Å². The zero-order chi connectivity index (χ0) is 15.1. The van der Waals surface area contributed by atoms with Crippen LogP contribution in [0.2, 0.25) is 0 Å². The lowest BCUT2D eigenvalue weighted by Gasteiger charge is -2.19. The van der Waals surface area contributed by atoms with E-state index in [1.54, 1.807) is 23.9 Å². The lowest BCUT2D eigenvalue weighted by atomic mass is 10.1. The fourth-order valence-corrected chi connectivity index (χ4v) is 3.17. The summed E-state index contributed by atoms with van der Waals surface area (Å²) in [7, 11) is 0. The molecule has 0 aliphatic carbocycles. The second-order valence-electron chi connectivity index (χ2n) is 5.19. The SMILES string of the molecule is CCCNC(CSc1cccc(F)c1)c1ccc(C)cc1. The van der Waals surface area contributed by atoms with Crippen LogP contribution in [0, 0.1) is 12.7 Å². The van der Waals surface area contributed by atoms with E-state index in [0.29, 0.717) is 6.04 Å². The van der Waals surface area contributed by atoms with Crippen molar-refractivity contribution in [2.24, 2.45) is 0 Å². The van der Waals surface area contributed by atoms with Crippen LogP contribution in [-0.2, 0) is 0 Å². The topological polar surface area (TPSA) is 12.0 Å². The normalized spacial score (nSPS) is 12.3. The van der Waals surface area contributed by atoms with E-state index in [2.05, 4.69) is 43.4 Å². The van der Waals surface area contributed by atoms with E-state index in [4.69, 9.17) is 0 Å². The molecule has 0 heterocycles. The first-order valence-electron chi connectivity index (χ1n) is 7.37. The highest BCUT2D eigenvalue weighted by atomic mass is 32.2. The fourth-order valence-electron chi connectivity index (χ4n) is 2.13. The Labute approximate surface area is 131 Å². The minimum absolute atomic E-state index is 0.173. The van der Waals surface area contributed by atoms with Gasteiger partial charge in [0.15, 0.2) is 0 Å². The Balaban J connectivity index is 2.04. The van der Waals surface area contributed by atoms with Gasteiger partial charge in [0.2, 0.25) is 0 Å². The largest absolute Gasteiger partial charge is 0.309 e. The Bertz CT molecular complexity index is 553. The van der Waals surface area contributed by atoms with Crippen molar-refractivity contribution in [2.75, 3.05) is 12.3 Å². The molecule has 3 heteroatoms. The van der Waals surface area contributed by atoms with E-state index in [1.165, 1.54) is 17.2 Å². The molecule has 0 aliphatic rings. The Morgan fingerprint density at radius 2 is 1.90 bits per heavy atom. The molecule has 0 radical (unpaired) electrons. The third-order valence-electron chi connectivity index (χ3n) is 3.33. The molecule has 1 atom stereocenters. The molecule has 0 aromatic heterocycles. The molecule has 1 N–H and O–H groups in total. The smallest absolute Gasteiger partial charge is 0.124 e. The number of nitrogens with one attached hydrogen (secondary N) is 1. The van der Waals surface area contributed by atoms with E-state index in [9.17, 15) is 4.39 Å². The molecule has 1 nitrogen and oxygen atoms in total. The summed E-state index contributed by atoms with van der Waals surface area (Å²) in [5.41, 5.74) is 2.56. The van der Waals surface area contributed by atoms with Crippen molar-refractivity contribution in [2.45, 2.75) is 31.2 Å². The molecule has 1 unspecified atom stereocenters. The van der Waals surface area contributed by atoms with Crippen LogP contribution in [0.25, 0.3) is 0 Å². The quantitative estimate of drug-likeness (QED) is 0.725. The molecule has 112 valence electrons. The van der Waals surface area contributed by atoms with Crippen LogP contribution >= 0.6 is 11.8 Å². The molecule has 0 fully saturated rings. The van der Waals surface area contributed by atoms with Gasteiger partial charge in [-0.3, -0.25) is 0 Å². The summed E-state index contributed by atoms with van der Waals surface area (Å²) in [5.74, 6) is 0.723. The molecule has 2 rings (SSSR count). The van der Waals surface area contributed by atoms with Crippen LogP contribution in [0.3, 0.4) is 0 Å². The summed E-state index contributed by atoms with van der Waals surface area (Å²) in [4.78, 5) is 0.977. The zero-order valence-corrected chi connectivity index (χ0v) is 13.4. The van der Waals surface area contributed by atoms with Gasteiger partial charge in [0, 0.05) is 16.7 Å². The number of aryl methyl sites for hydroxylation is 1. The average Bonchev–Trinajstić information content (AvgIpc) is 2.49. The van der Waals surface area contributed by atoms with Crippen molar-refractivity contribution in [3.63, 3.8) is 0 Å². The lowest BCUT2D eigenvalue weighted by molar-refractivity contribution is 0.577. The van der Waals surface area contributed by atoms with Gasteiger partial charge in [-0.1, -0.05) is 42.8 Å². The second-order valence-corrected chi connectivity index (χ2v) is 6.28. The van der Waals surface area contributed by atoms with Crippen molar-refractivity contribution >= 4 is 11.8 Å². The van der Waals surface area contributed by atoms with Crippen molar-refractivity contribution in [1.82, 2.24) is 5.32 Å². The molecule has 2 aromatic carbocycles. The summed E-state index contributed by atoms with van der Waals surface area (Å²) < 4.78 is 13.2. The number of benzene rings is 2. The maximum Gasteiger partial charge on any atom is 0.124 e. The monoisotopic (exact) mass is 303 g/mol. The van der Waals surface area contributed by atoms with Gasteiger partial charge in [-0.05, 0) is 43.7 Å². The Hall–Kier alpha value is -1.32. The fraction of sp³-hybridized carbons (Fsp3) is 0.333. The van der Waals surface area contributed by atoms with Crippen molar-refractivity contribution in [1.29, 1.82) is 0 Å². The summed E-state index contributed by atoms with van der Waals surface area (Å²) in [6.45, 7) is 5.25. The van der Waals surface area contributed by atoms with Gasteiger partial charge >= 0.3 is 0 Å². The first kappa shape index (κ1) is 16.1. The summed E-state index contributed by atoms with van der Waals surface area (Å²) >= 11 is 1.69. The summed E-state index contributed by atoms with van der Waals surface area (Å²) in [6.07, 6.45) is 1.10. The average molecular weight is 303 g/mol. The van der Waals surface area contributed by atoms with Gasteiger partial charge in [0.25, 0.3) is 0 Å². The maximum atomic E-state index is 13.2. The van der Waals surface area contributed by atoms with Gasteiger partial charge in [-0.25, -0.2) is 4.39 Å². The summed E-state index contributed by atoms with van der Waals surface area (Å²) in [6, 6.07) is 15.7. The van der Waals surface area contributed by atoms with Gasteiger partial charge in [-0.2, -0.15) is 0 Å². The minimum Gasteiger partial charge on any atom is -0.309 e. The van der Waals surface area contributed by atoms with E-state index in [1.807, 2.05) is 6.07 Å². The number of hydrogen-bond acceptors (Lipinski definition) is 2. The van der Waals surface area contributed by atoms with Crippen LogP contribution < -0.4 is 5.32 Å². The highest BCUT2D eigenvalue weighted by molar-refractivity contribution is 7.99. The van der Waals surface area contributed by atoms with Gasteiger partial charge in [-0.15, -0.1) is 11.8 Å². The standard InChI is InChI=1S/C18H22FNS/c1-3-11-20-18(15-9-7-14(2)8-10-15)13-21-17-6-4-5-16(19)12-17/h4-10,12,18,20H,3,11,13H2,1-2H3. The molecular weight excluding hydrogens is 281 g/mol. The Morgan fingerprint density at radius 3 is 2.57 bits per heavy atom. The number of hydrogen-bond donors (Lipinski definition) is 1. The van der Waals surface area contributed by atoms with E-state index >= 15 is 0 Å². The van der Waals surface area contributed by atoms with Gasteiger partial charge in [0.05, 0.1) is 0 Å². The Kier molecular flexibility index (Phi) is 6.27. The first-order valence-corrected chi connectivity index (χ1v) is 8.36. The van der Waals surface area contributed by atoms with Crippen LogP contribution in [0.1, 0.15) is 30.5 Å². The molecule has 0 spiro atoms. The molecule has 0 amide bonds. The number of halogens is 1. The highest BCUT2D eigenvalue weighted by Crippen LogP contribution is 2.25. The first-order chi connectivity index (χ1) is 10.2. The third kappa shape index (κ3) is 5.18.